The zero-order valence-electron chi connectivity index (χ0n) is 11.2. The van der Waals surface area contributed by atoms with Crippen LogP contribution in [-0.4, -0.2) is 23.8 Å². The van der Waals surface area contributed by atoms with Gasteiger partial charge in [0.25, 0.3) is 0 Å². The maximum absolute atomic E-state index is 9.67. The molecule has 0 aliphatic heterocycles. The molecule has 0 aromatic rings. The van der Waals surface area contributed by atoms with E-state index in [1.54, 1.807) is 0 Å². The smallest absolute Gasteiger partial charge is 0.0543 e. The summed E-state index contributed by atoms with van der Waals surface area (Å²) in [6.07, 6.45) is 14.4. The maximum atomic E-state index is 9.67. The summed E-state index contributed by atoms with van der Waals surface area (Å²) in [6, 6.07) is 0.759. The van der Waals surface area contributed by atoms with Gasteiger partial charge < -0.3 is 10.4 Å². The molecule has 2 fully saturated rings. The molecule has 2 nitrogen and oxygen atoms in total. The lowest BCUT2D eigenvalue weighted by Gasteiger charge is -2.29. The van der Waals surface area contributed by atoms with E-state index in [1.165, 1.54) is 57.8 Å². The Labute approximate surface area is 106 Å². The molecule has 2 aliphatic rings. The second kappa shape index (κ2) is 7.38. The fourth-order valence-corrected chi connectivity index (χ4v) is 3.44. The lowest BCUT2D eigenvalue weighted by atomic mass is 9.87. The van der Waals surface area contributed by atoms with Gasteiger partial charge in [0.1, 0.15) is 0 Å². The van der Waals surface area contributed by atoms with Gasteiger partial charge in [0.2, 0.25) is 0 Å². The Bertz CT molecular complexity index is 199. The molecule has 0 amide bonds. The van der Waals surface area contributed by atoms with Crippen LogP contribution in [0.25, 0.3) is 0 Å². The van der Waals surface area contributed by atoms with Crippen molar-refractivity contribution in [2.24, 2.45) is 5.92 Å². The summed E-state index contributed by atoms with van der Waals surface area (Å²) in [7, 11) is 0. The van der Waals surface area contributed by atoms with Crippen molar-refractivity contribution in [1.82, 2.24) is 5.32 Å². The molecule has 17 heavy (non-hydrogen) atoms. The highest BCUT2D eigenvalue weighted by atomic mass is 16.3. The molecule has 100 valence electrons. The average molecular weight is 239 g/mol. The fraction of sp³-hybridized carbons (Fsp3) is 1.00. The third kappa shape index (κ3) is 4.97. The van der Waals surface area contributed by atoms with E-state index in [2.05, 4.69) is 5.32 Å². The molecule has 2 N–H and O–H groups in total. The molecule has 0 saturated heterocycles. The standard InChI is InChI=1S/C15H29NO/c17-15-10-6-7-13(11-15)12-16-14-8-4-2-1-3-5-9-14/h13-17H,1-12H2. The van der Waals surface area contributed by atoms with E-state index in [-0.39, 0.29) is 6.10 Å². The molecule has 2 heteroatoms. The minimum atomic E-state index is -0.0205. The molecule has 0 aromatic carbocycles. The topological polar surface area (TPSA) is 32.3 Å². The van der Waals surface area contributed by atoms with Gasteiger partial charge in [0.15, 0.2) is 0 Å². The van der Waals surface area contributed by atoms with Gasteiger partial charge in [0.05, 0.1) is 6.10 Å². The zero-order chi connectivity index (χ0) is 11.9. The Hall–Kier alpha value is -0.0800. The quantitative estimate of drug-likeness (QED) is 0.792. The predicted molar refractivity (Wildman–Crippen MR) is 72.1 cm³/mol. The molecule has 0 radical (unpaired) electrons. The highest BCUT2D eigenvalue weighted by Crippen LogP contribution is 2.24. The number of hydrogen-bond donors (Lipinski definition) is 2. The van der Waals surface area contributed by atoms with Gasteiger partial charge in [-0.15, -0.1) is 0 Å². The maximum Gasteiger partial charge on any atom is 0.0543 e. The summed E-state index contributed by atoms with van der Waals surface area (Å²) in [5.74, 6) is 0.726. The molecule has 2 unspecified atom stereocenters. The highest BCUT2D eigenvalue weighted by molar-refractivity contribution is 4.77. The van der Waals surface area contributed by atoms with Crippen LogP contribution in [0.5, 0.6) is 0 Å². The van der Waals surface area contributed by atoms with Crippen molar-refractivity contribution >= 4 is 0 Å². The number of aliphatic hydroxyl groups is 1. The molecule has 2 rings (SSSR count). The summed E-state index contributed by atoms with van der Waals surface area (Å²) < 4.78 is 0. The van der Waals surface area contributed by atoms with Gasteiger partial charge in [-0.1, -0.05) is 38.5 Å². The second-order valence-corrected chi connectivity index (χ2v) is 6.14. The van der Waals surface area contributed by atoms with Crippen molar-refractivity contribution in [3.63, 3.8) is 0 Å². The first-order valence-electron chi connectivity index (χ1n) is 7.76. The first kappa shape index (κ1) is 13.4. The van der Waals surface area contributed by atoms with E-state index in [1.807, 2.05) is 0 Å². The molecule has 2 aliphatic carbocycles. The Kier molecular flexibility index (Phi) is 5.79. The fourth-order valence-electron chi connectivity index (χ4n) is 3.44. The van der Waals surface area contributed by atoms with Gasteiger partial charge in [-0.25, -0.2) is 0 Å². The normalized spacial score (nSPS) is 33.0. The van der Waals surface area contributed by atoms with E-state index in [0.717, 1.165) is 31.3 Å². The number of nitrogens with one attached hydrogen (secondary N) is 1. The molecule has 0 bridgehead atoms. The number of aliphatic hydroxyl groups excluding tert-OH is 1. The summed E-state index contributed by atoms with van der Waals surface area (Å²) in [5.41, 5.74) is 0. The third-order valence-corrected chi connectivity index (χ3v) is 4.56. The monoisotopic (exact) mass is 239 g/mol. The first-order valence-corrected chi connectivity index (χ1v) is 7.76. The molecular weight excluding hydrogens is 210 g/mol. The van der Waals surface area contributed by atoms with Crippen LogP contribution < -0.4 is 5.32 Å². The van der Waals surface area contributed by atoms with Crippen molar-refractivity contribution in [2.45, 2.75) is 82.8 Å². The summed E-state index contributed by atoms with van der Waals surface area (Å²) in [4.78, 5) is 0. The summed E-state index contributed by atoms with van der Waals surface area (Å²) in [6.45, 7) is 1.14. The Morgan fingerprint density at radius 2 is 1.53 bits per heavy atom. The molecule has 2 saturated carbocycles. The SMILES string of the molecule is OC1CCCC(CNC2CCCCCCC2)C1. The Morgan fingerprint density at radius 3 is 2.24 bits per heavy atom. The summed E-state index contributed by atoms with van der Waals surface area (Å²) in [5, 5.41) is 13.4. The van der Waals surface area contributed by atoms with Crippen molar-refractivity contribution in [2.75, 3.05) is 6.54 Å². The van der Waals surface area contributed by atoms with Crippen LogP contribution in [0.3, 0.4) is 0 Å². The minimum absolute atomic E-state index is 0.0205. The first-order chi connectivity index (χ1) is 8.34. The van der Waals surface area contributed by atoms with E-state index in [4.69, 9.17) is 0 Å². The van der Waals surface area contributed by atoms with Crippen LogP contribution in [-0.2, 0) is 0 Å². The van der Waals surface area contributed by atoms with E-state index >= 15 is 0 Å². The van der Waals surface area contributed by atoms with Crippen molar-refractivity contribution < 1.29 is 5.11 Å². The van der Waals surface area contributed by atoms with Crippen LogP contribution in [0.2, 0.25) is 0 Å². The largest absolute Gasteiger partial charge is 0.393 e. The van der Waals surface area contributed by atoms with Gasteiger partial charge >= 0.3 is 0 Å². The van der Waals surface area contributed by atoms with Crippen LogP contribution in [0.4, 0.5) is 0 Å². The molecule has 0 spiro atoms. The Balaban J connectivity index is 1.65. The predicted octanol–water partition coefficient (Wildman–Crippen LogP) is 3.24. The van der Waals surface area contributed by atoms with Gasteiger partial charge in [0, 0.05) is 6.04 Å². The Morgan fingerprint density at radius 1 is 0.824 bits per heavy atom. The van der Waals surface area contributed by atoms with Crippen molar-refractivity contribution in [3.8, 4) is 0 Å². The van der Waals surface area contributed by atoms with E-state index in [9.17, 15) is 5.11 Å². The van der Waals surface area contributed by atoms with Crippen LogP contribution in [0.1, 0.15) is 70.6 Å². The van der Waals surface area contributed by atoms with Crippen molar-refractivity contribution in [1.29, 1.82) is 0 Å². The van der Waals surface area contributed by atoms with Gasteiger partial charge in [-0.2, -0.15) is 0 Å². The van der Waals surface area contributed by atoms with Crippen LogP contribution >= 0.6 is 0 Å². The molecule has 2 atom stereocenters. The van der Waals surface area contributed by atoms with E-state index < -0.39 is 0 Å². The number of hydrogen-bond acceptors (Lipinski definition) is 2. The zero-order valence-corrected chi connectivity index (χ0v) is 11.2. The second-order valence-electron chi connectivity index (χ2n) is 6.14. The van der Waals surface area contributed by atoms with Gasteiger partial charge in [-0.05, 0) is 44.6 Å². The lowest BCUT2D eigenvalue weighted by molar-refractivity contribution is 0.0991. The lowest BCUT2D eigenvalue weighted by Crippen LogP contribution is -2.36. The van der Waals surface area contributed by atoms with E-state index in [0.29, 0.717) is 0 Å². The molecule has 0 heterocycles. The van der Waals surface area contributed by atoms with Crippen LogP contribution in [0, 0.1) is 5.92 Å². The summed E-state index contributed by atoms with van der Waals surface area (Å²) >= 11 is 0. The van der Waals surface area contributed by atoms with Crippen molar-refractivity contribution in [3.05, 3.63) is 0 Å². The molecular formula is C15H29NO. The minimum Gasteiger partial charge on any atom is -0.393 e. The molecule has 0 aromatic heterocycles. The highest BCUT2D eigenvalue weighted by Gasteiger charge is 2.21. The van der Waals surface area contributed by atoms with Gasteiger partial charge in [-0.3, -0.25) is 0 Å². The van der Waals surface area contributed by atoms with Crippen LogP contribution in [0.15, 0.2) is 0 Å². The average Bonchev–Trinajstić information content (AvgIpc) is 2.27. The number of rotatable bonds is 3. The third-order valence-electron chi connectivity index (χ3n) is 4.56.